The molecule has 7 nitrogen and oxygen atoms in total. The van der Waals surface area contributed by atoms with Crippen LogP contribution in [-0.4, -0.2) is 53.4 Å². The van der Waals surface area contributed by atoms with Gasteiger partial charge in [-0.05, 0) is 18.2 Å². The lowest BCUT2D eigenvalue weighted by atomic mass is 10.1. The van der Waals surface area contributed by atoms with Crippen molar-refractivity contribution >= 4 is 11.8 Å². The first-order chi connectivity index (χ1) is 9.08. The molecule has 0 aliphatic heterocycles. The van der Waals surface area contributed by atoms with Gasteiger partial charge in [0.15, 0.2) is 0 Å². The van der Waals surface area contributed by atoms with Crippen LogP contribution in [0.2, 0.25) is 0 Å². The van der Waals surface area contributed by atoms with Crippen molar-refractivity contribution in [2.45, 2.75) is 0 Å². The van der Waals surface area contributed by atoms with E-state index in [1.165, 1.54) is 18.2 Å². The van der Waals surface area contributed by atoms with Crippen LogP contribution in [0.5, 0.6) is 5.75 Å². The lowest BCUT2D eigenvalue weighted by Gasteiger charge is -2.07. The summed E-state index contributed by atoms with van der Waals surface area (Å²) in [6.07, 6.45) is 0. The molecule has 2 amide bonds. The fraction of sp³-hybridized carbons (Fsp3) is 0.333. The highest BCUT2D eigenvalue weighted by atomic mass is 16.3. The Balaban J connectivity index is 2.87. The van der Waals surface area contributed by atoms with Crippen LogP contribution < -0.4 is 10.6 Å². The summed E-state index contributed by atoms with van der Waals surface area (Å²) < 4.78 is 0. The maximum absolute atomic E-state index is 11.6. The van der Waals surface area contributed by atoms with E-state index in [9.17, 15) is 14.7 Å². The summed E-state index contributed by atoms with van der Waals surface area (Å²) in [5.74, 6) is -1.21. The molecule has 7 heteroatoms. The SMILES string of the molecule is O=C(NCCO)c1cc(O)cc(C(=O)NCCO)c1. The van der Waals surface area contributed by atoms with Gasteiger partial charge in [0.25, 0.3) is 11.8 Å². The predicted molar refractivity (Wildman–Crippen MR) is 66.9 cm³/mol. The number of carbonyl (C=O) groups excluding carboxylic acids is 2. The first-order valence-corrected chi connectivity index (χ1v) is 5.70. The van der Waals surface area contributed by atoms with E-state index < -0.39 is 11.8 Å². The number of aliphatic hydroxyl groups is 2. The summed E-state index contributed by atoms with van der Waals surface area (Å²) in [6.45, 7) is -0.232. The number of hydrogen-bond donors (Lipinski definition) is 5. The lowest BCUT2D eigenvalue weighted by molar-refractivity contribution is 0.0944. The molecule has 0 heterocycles. The zero-order chi connectivity index (χ0) is 14.3. The molecule has 1 rings (SSSR count). The van der Waals surface area contributed by atoms with Crippen LogP contribution in [0, 0.1) is 0 Å². The molecule has 19 heavy (non-hydrogen) atoms. The van der Waals surface area contributed by atoms with Crippen LogP contribution in [0.3, 0.4) is 0 Å². The number of amides is 2. The molecule has 1 aromatic carbocycles. The molecule has 0 atom stereocenters. The van der Waals surface area contributed by atoms with Crippen LogP contribution in [0.4, 0.5) is 0 Å². The molecule has 0 radical (unpaired) electrons. The first kappa shape index (κ1) is 14.9. The fourth-order valence-corrected chi connectivity index (χ4v) is 1.42. The molecule has 0 aliphatic carbocycles. The molecule has 0 saturated heterocycles. The van der Waals surface area contributed by atoms with Gasteiger partial charge >= 0.3 is 0 Å². The Hall–Kier alpha value is -2.12. The number of aromatic hydroxyl groups is 1. The van der Waals surface area contributed by atoms with E-state index in [0.717, 1.165) is 0 Å². The third-order valence-corrected chi connectivity index (χ3v) is 2.24. The van der Waals surface area contributed by atoms with Crippen LogP contribution in [0.15, 0.2) is 18.2 Å². The molecule has 0 aliphatic rings. The van der Waals surface area contributed by atoms with Gasteiger partial charge in [0.2, 0.25) is 0 Å². The van der Waals surface area contributed by atoms with E-state index in [0.29, 0.717) is 0 Å². The minimum Gasteiger partial charge on any atom is -0.508 e. The Morgan fingerprint density at radius 1 is 0.895 bits per heavy atom. The van der Waals surface area contributed by atoms with Gasteiger partial charge in [-0.25, -0.2) is 0 Å². The summed E-state index contributed by atoms with van der Waals surface area (Å²) >= 11 is 0. The zero-order valence-corrected chi connectivity index (χ0v) is 10.2. The van der Waals surface area contributed by atoms with Gasteiger partial charge in [-0.1, -0.05) is 0 Å². The van der Waals surface area contributed by atoms with E-state index >= 15 is 0 Å². The average Bonchev–Trinajstić information content (AvgIpc) is 2.41. The number of aliphatic hydroxyl groups excluding tert-OH is 2. The predicted octanol–water partition coefficient (Wildman–Crippen LogP) is -1.16. The molecule has 0 saturated carbocycles. The van der Waals surface area contributed by atoms with E-state index in [-0.39, 0.29) is 43.2 Å². The number of carbonyl (C=O) groups is 2. The second-order valence-electron chi connectivity index (χ2n) is 3.73. The molecular formula is C12H16N2O5. The van der Waals surface area contributed by atoms with Gasteiger partial charge in [-0.2, -0.15) is 0 Å². The third kappa shape index (κ3) is 4.57. The van der Waals surface area contributed by atoms with Gasteiger partial charge in [0.05, 0.1) is 13.2 Å². The van der Waals surface area contributed by atoms with E-state index in [1.807, 2.05) is 0 Å². The first-order valence-electron chi connectivity index (χ1n) is 5.70. The molecule has 0 aromatic heterocycles. The van der Waals surface area contributed by atoms with Gasteiger partial charge in [0, 0.05) is 24.2 Å². The van der Waals surface area contributed by atoms with Crippen molar-refractivity contribution in [3.63, 3.8) is 0 Å². The number of benzene rings is 1. The van der Waals surface area contributed by atoms with E-state index in [2.05, 4.69) is 10.6 Å². The van der Waals surface area contributed by atoms with Crippen LogP contribution in [0.1, 0.15) is 20.7 Å². The Morgan fingerprint density at radius 3 is 1.68 bits per heavy atom. The smallest absolute Gasteiger partial charge is 0.251 e. The number of phenols is 1. The second kappa shape index (κ2) is 7.34. The molecule has 104 valence electrons. The Kier molecular flexibility index (Phi) is 5.77. The monoisotopic (exact) mass is 268 g/mol. The maximum atomic E-state index is 11.6. The molecule has 0 spiro atoms. The van der Waals surface area contributed by atoms with Crippen molar-refractivity contribution in [2.24, 2.45) is 0 Å². The van der Waals surface area contributed by atoms with Crippen molar-refractivity contribution in [1.82, 2.24) is 10.6 Å². The third-order valence-electron chi connectivity index (χ3n) is 2.24. The summed E-state index contributed by atoms with van der Waals surface area (Å²) in [4.78, 5) is 23.3. The summed E-state index contributed by atoms with van der Waals surface area (Å²) in [7, 11) is 0. The van der Waals surface area contributed by atoms with Crippen molar-refractivity contribution < 1.29 is 24.9 Å². The Bertz CT molecular complexity index is 423. The maximum Gasteiger partial charge on any atom is 0.251 e. The summed E-state index contributed by atoms with van der Waals surface area (Å²) in [5.41, 5.74) is 0.227. The minimum absolute atomic E-state index is 0.0839. The second-order valence-corrected chi connectivity index (χ2v) is 3.73. The fourth-order valence-electron chi connectivity index (χ4n) is 1.42. The standard InChI is InChI=1S/C12H16N2O5/c15-3-1-13-11(18)8-5-9(7-10(17)6-8)12(19)14-2-4-16/h5-7,15-17H,1-4H2,(H,13,18)(H,14,19). The molecule has 1 aromatic rings. The number of phenolic OH excluding ortho intramolecular Hbond substituents is 1. The minimum atomic E-state index is -0.499. The summed E-state index contributed by atoms with van der Waals surface area (Å²) in [6, 6.07) is 3.75. The number of nitrogens with one attached hydrogen (secondary N) is 2. The van der Waals surface area contributed by atoms with E-state index in [4.69, 9.17) is 10.2 Å². The normalized spacial score (nSPS) is 10.0. The van der Waals surface area contributed by atoms with Gasteiger partial charge in [0.1, 0.15) is 5.75 Å². The van der Waals surface area contributed by atoms with Crippen molar-refractivity contribution in [2.75, 3.05) is 26.3 Å². The lowest BCUT2D eigenvalue weighted by Crippen LogP contribution is -2.28. The van der Waals surface area contributed by atoms with Crippen molar-refractivity contribution in [3.05, 3.63) is 29.3 Å². The molecule has 5 N–H and O–H groups in total. The quantitative estimate of drug-likeness (QED) is 0.446. The van der Waals surface area contributed by atoms with Gasteiger partial charge in [-0.3, -0.25) is 9.59 Å². The van der Waals surface area contributed by atoms with Crippen LogP contribution in [0.25, 0.3) is 0 Å². The number of rotatable bonds is 6. The van der Waals surface area contributed by atoms with Gasteiger partial charge in [-0.15, -0.1) is 0 Å². The zero-order valence-electron chi connectivity index (χ0n) is 10.2. The van der Waals surface area contributed by atoms with Crippen LogP contribution >= 0.6 is 0 Å². The highest BCUT2D eigenvalue weighted by molar-refractivity contribution is 6.00. The Morgan fingerprint density at radius 2 is 1.32 bits per heavy atom. The average molecular weight is 268 g/mol. The molecule has 0 bridgehead atoms. The van der Waals surface area contributed by atoms with Crippen LogP contribution in [-0.2, 0) is 0 Å². The molecular weight excluding hydrogens is 252 g/mol. The molecule has 0 fully saturated rings. The molecule has 0 unspecified atom stereocenters. The highest BCUT2D eigenvalue weighted by Crippen LogP contribution is 2.15. The summed E-state index contributed by atoms with van der Waals surface area (Å²) in [5, 5.41) is 31.5. The van der Waals surface area contributed by atoms with Crippen molar-refractivity contribution in [3.8, 4) is 5.75 Å². The van der Waals surface area contributed by atoms with Gasteiger partial charge < -0.3 is 26.0 Å². The van der Waals surface area contributed by atoms with E-state index in [1.54, 1.807) is 0 Å². The largest absolute Gasteiger partial charge is 0.508 e. The number of hydrogen-bond acceptors (Lipinski definition) is 5. The topological polar surface area (TPSA) is 119 Å². The van der Waals surface area contributed by atoms with Crippen molar-refractivity contribution in [1.29, 1.82) is 0 Å². The highest BCUT2D eigenvalue weighted by Gasteiger charge is 2.12. The Labute approximate surface area is 109 Å².